The van der Waals surface area contributed by atoms with Crippen LogP contribution in [0.4, 0.5) is 11.4 Å². The van der Waals surface area contributed by atoms with Gasteiger partial charge < -0.3 is 10.2 Å². The van der Waals surface area contributed by atoms with Gasteiger partial charge in [-0.15, -0.1) is 0 Å². The van der Waals surface area contributed by atoms with Crippen molar-refractivity contribution in [3.63, 3.8) is 0 Å². The van der Waals surface area contributed by atoms with Crippen molar-refractivity contribution in [3.8, 4) is 0 Å². The molecular formula is C16H13Cl2N3O2. The van der Waals surface area contributed by atoms with Gasteiger partial charge in [0.25, 0.3) is 5.91 Å². The lowest BCUT2D eigenvalue weighted by atomic mass is 10.2. The Morgan fingerprint density at radius 3 is 2.70 bits per heavy atom. The molecule has 1 N–H and O–H groups in total. The molecule has 1 saturated heterocycles. The molecule has 0 aliphatic carbocycles. The number of nitrogens with one attached hydrogen (secondary N) is 1. The molecule has 5 nitrogen and oxygen atoms in total. The Kier molecular flexibility index (Phi) is 4.50. The average molecular weight is 350 g/mol. The van der Waals surface area contributed by atoms with E-state index < -0.39 is 0 Å². The highest BCUT2D eigenvalue weighted by Gasteiger charge is 2.23. The predicted molar refractivity (Wildman–Crippen MR) is 90.2 cm³/mol. The Morgan fingerprint density at radius 2 is 2.04 bits per heavy atom. The van der Waals surface area contributed by atoms with Gasteiger partial charge in [0.1, 0.15) is 5.15 Å². The van der Waals surface area contributed by atoms with E-state index in [9.17, 15) is 9.59 Å². The molecule has 1 aliphatic heterocycles. The first kappa shape index (κ1) is 15.8. The van der Waals surface area contributed by atoms with E-state index >= 15 is 0 Å². The molecule has 1 aliphatic rings. The van der Waals surface area contributed by atoms with Crippen LogP contribution in [0, 0.1) is 0 Å². The zero-order chi connectivity index (χ0) is 16.4. The van der Waals surface area contributed by atoms with Crippen LogP contribution in [0.15, 0.2) is 36.5 Å². The number of hydrogen-bond acceptors (Lipinski definition) is 3. The van der Waals surface area contributed by atoms with Gasteiger partial charge in [-0.05, 0) is 36.8 Å². The molecule has 0 bridgehead atoms. The summed E-state index contributed by atoms with van der Waals surface area (Å²) in [6.07, 6.45) is 2.83. The van der Waals surface area contributed by atoms with Crippen molar-refractivity contribution in [1.82, 2.24) is 4.98 Å². The Labute approximate surface area is 143 Å². The van der Waals surface area contributed by atoms with Crippen molar-refractivity contribution in [1.29, 1.82) is 0 Å². The first-order valence-corrected chi connectivity index (χ1v) is 7.83. The Hall–Kier alpha value is -2.11. The van der Waals surface area contributed by atoms with E-state index in [1.807, 2.05) is 0 Å². The van der Waals surface area contributed by atoms with E-state index in [0.717, 1.165) is 6.42 Å². The number of benzene rings is 1. The zero-order valence-electron chi connectivity index (χ0n) is 12.1. The molecule has 3 rings (SSSR count). The van der Waals surface area contributed by atoms with Gasteiger partial charge in [0.15, 0.2) is 0 Å². The molecule has 0 unspecified atom stereocenters. The summed E-state index contributed by atoms with van der Waals surface area (Å²) in [7, 11) is 0. The highest BCUT2D eigenvalue weighted by molar-refractivity contribution is 6.34. The van der Waals surface area contributed by atoms with Crippen LogP contribution in [0.1, 0.15) is 23.2 Å². The molecule has 1 fully saturated rings. The van der Waals surface area contributed by atoms with E-state index in [1.165, 1.54) is 12.3 Å². The van der Waals surface area contributed by atoms with Gasteiger partial charge in [-0.3, -0.25) is 9.59 Å². The molecule has 2 amide bonds. The zero-order valence-corrected chi connectivity index (χ0v) is 13.6. The van der Waals surface area contributed by atoms with Crippen molar-refractivity contribution >= 4 is 46.4 Å². The largest absolute Gasteiger partial charge is 0.322 e. The minimum atomic E-state index is -0.310. The number of rotatable bonds is 3. The number of aromatic nitrogens is 1. The van der Waals surface area contributed by atoms with Crippen molar-refractivity contribution in [3.05, 3.63) is 52.3 Å². The number of nitrogens with zero attached hydrogens (tertiary/aromatic N) is 2. The van der Waals surface area contributed by atoms with E-state index in [4.69, 9.17) is 23.2 Å². The standard InChI is InChI=1S/C16H13Cl2N3O2/c17-12-9-11(3-4-13(12)21-7-1-2-15(21)22)20-16(23)10-5-6-19-14(18)8-10/h3-6,8-9H,1-2,7H2,(H,20,23). The van der Waals surface area contributed by atoms with E-state index in [-0.39, 0.29) is 17.0 Å². The maximum atomic E-state index is 12.2. The van der Waals surface area contributed by atoms with Gasteiger partial charge >= 0.3 is 0 Å². The summed E-state index contributed by atoms with van der Waals surface area (Å²) in [4.78, 5) is 29.4. The second-order valence-corrected chi connectivity index (χ2v) is 5.93. The summed E-state index contributed by atoms with van der Waals surface area (Å²) in [5.74, 6) is -0.245. The molecule has 0 radical (unpaired) electrons. The summed E-state index contributed by atoms with van der Waals surface area (Å²) >= 11 is 12.0. The number of carbonyl (C=O) groups is 2. The fraction of sp³-hybridized carbons (Fsp3) is 0.188. The van der Waals surface area contributed by atoms with E-state index in [2.05, 4.69) is 10.3 Å². The lowest BCUT2D eigenvalue weighted by Gasteiger charge is -2.18. The van der Waals surface area contributed by atoms with Gasteiger partial charge in [0, 0.05) is 30.4 Å². The van der Waals surface area contributed by atoms with Crippen molar-refractivity contribution < 1.29 is 9.59 Å². The quantitative estimate of drug-likeness (QED) is 0.858. The van der Waals surface area contributed by atoms with Crippen molar-refractivity contribution in [2.75, 3.05) is 16.8 Å². The first-order chi connectivity index (χ1) is 11.0. The van der Waals surface area contributed by atoms with Gasteiger partial charge in [0.05, 0.1) is 10.7 Å². The number of pyridine rings is 1. The molecule has 0 spiro atoms. The van der Waals surface area contributed by atoms with Crippen LogP contribution in [0.3, 0.4) is 0 Å². The van der Waals surface area contributed by atoms with Crippen LogP contribution in [0.25, 0.3) is 0 Å². The SMILES string of the molecule is O=C(Nc1ccc(N2CCCC2=O)c(Cl)c1)c1ccnc(Cl)c1. The van der Waals surface area contributed by atoms with E-state index in [0.29, 0.717) is 34.9 Å². The van der Waals surface area contributed by atoms with Crippen LogP contribution in [-0.2, 0) is 4.79 Å². The topological polar surface area (TPSA) is 62.3 Å². The molecular weight excluding hydrogens is 337 g/mol. The van der Waals surface area contributed by atoms with Crippen LogP contribution in [0.5, 0.6) is 0 Å². The normalized spacial score (nSPS) is 14.2. The second-order valence-electron chi connectivity index (χ2n) is 5.14. The van der Waals surface area contributed by atoms with E-state index in [1.54, 1.807) is 29.2 Å². The van der Waals surface area contributed by atoms with Gasteiger partial charge in [-0.25, -0.2) is 4.98 Å². The second kappa shape index (κ2) is 6.56. The third kappa shape index (κ3) is 3.46. The molecule has 0 saturated carbocycles. The van der Waals surface area contributed by atoms with Crippen molar-refractivity contribution in [2.45, 2.75) is 12.8 Å². The number of halogens is 2. The Morgan fingerprint density at radius 1 is 1.22 bits per heavy atom. The van der Waals surface area contributed by atoms with Gasteiger partial charge in [-0.2, -0.15) is 0 Å². The fourth-order valence-corrected chi connectivity index (χ4v) is 2.91. The lowest BCUT2D eigenvalue weighted by molar-refractivity contribution is -0.117. The smallest absolute Gasteiger partial charge is 0.255 e. The maximum absolute atomic E-state index is 12.2. The minimum Gasteiger partial charge on any atom is -0.322 e. The molecule has 1 aromatic heterocycles. The molecule has 2 heterocycles. The summed E-state index contributed by atoms with van der Waals surface area (Å²) in [5, 5.41) is 3.41. The summed E-state index contributed by atoms with van der Waals surface area (Å²) in [6, 6.07) is 8.13. The van der Waals surface area contributed by atoms with Crippen LogP contribution in [0.2, 0.25) is 10.2 Å². The minimum absolute atomic E-state index is 0.0649. The molecule has 2 aromatic rings. The fourth-order valence-electron chi connectivity index (χ4n) is 2.45. The number of hydrogen-bond donors (Lipinski definition) is 1. The molecule has 118 valence electrons. The summed E-state index contributed by atoms with van der Waals surface area (Å²) < 4.78 is 0. The van der Waals surface area contributed by atoms with Gasteiger partial charge in [0.2, 0.25) is 5.91 Å². The van der Waals surface area contributed by atoms with Crippen LogP contribution < -0.4 is 10.2 Å². The predicted octanol–water partition coefficient (Wildman–Crippen LogP) is 3.77. The van der Waals surface area contributed by atoms with Crippen LogP contribution >= 0.6 is 23.2 Å². The van der Waals surface area contributed by atoms with Crippen LogP contribution in [-0.4, -0.2) is 23.3 Å². The summed E-state index contributed by atoms with van der Waals surface area (Å²) in [5.41, 5.74) is 1.61. The highest BCUT2D eigenvalue weighted by Crippen LogP contribution is 2.31. The number of anilines is 2. The number of amides is 2. The van der Waals surface area contributed by atoms with Gasteiger partial charge in [-0.1, -0.05) is 23.2 Å². The molecule has 1 aromatic carbocycles. The summed E-state index contributed by atoms with van der Waals surface area (Å²) in [6.45, 7) is 0.666. The third-order valence-electron chi connectivity index (χ3n) is 3.56. The first-order valence-electron chi connectivity index (χ1n) is 7.07. The Bertz CT molecular complexity index is 780. The highest BCUT2D eigenvalue weighted by atomic mass is 35.5. The number of carbonyl (C=O) groups excluding carboxylic acids is 2. The average Bonchev–Trinajstić information content (AvgIpc) is 2.93. The Balaban J connectivity index is 1.78. The maximum Gasteiger partial charge on any atom is 0.255 e. The third-order valence-corrected chi connectivity index (χ3v) is 4.07. The molecule has 23 heavy (non-hydrogen) atoms. The molecule has 0 atom stereocenters. The monoisotopic (exact) mass is 349 g/mol. The molecule has 7 heteroatoms. The lowest BCUT2D eigenvalue weighted by Crippen LogP contribution is -2.24. The van der Waals surface area contributed by atoms with Crippen molar-refractivity contribution in [2.24, 2.45) is 0 Å².